The third-order valence-corrected chi connectivity index (χ3v) is 6.72. The molecule has 2 amide bonds. The predicted octanol–water partition coefficient (Wildman–Crippen LogP) is 1.60. The Hall–Kier alpha value is -0.810. The SMILES string of the molecule is CC1(C)[C@H]2CC[C@@]1(C)[C@H](NC(=O)N1CCO[C@H](CO)C1)C2. The van der Waals surface area contributed by atoms with E-state index in [4.69, 9.17) is 4.74 Å². The molecule has 2 saturated carbocycles. The molecule has 0 radical (unpaired) electrons. The minimum Gasteiger partial charge on any atom is -0.394 e. The van der Waals surface area contributed by atoms with Crippen LogP contribution in [0, 0.1) is 16.7 Å². The van der Waals surface area contributed by atoms with E-state index in [1.807, 2.05) is 0 Å². The second-order valence-electron chi connectivity index (χ2n) is 7.73. The van der Waals surface area contributed by atoms with Crippen molar-refractivity contribution >= 4 is 6.03 Å². The Bertz CT molecular complexity index is 426. The van der Waals surface area contributed by atoms with Crippen LogP contribution in [0.3, 0.4) is 0 Å². The molecule has 1 heterocycles. The molecule has 0 aromatic heterocycles. The molecule has 2 N–H and O–H groups in total. The number of nitrogens with zero attached hydrogens (tertiary/aromatic N) is 1. The van der Waals surface area contributed by atoms with Crippen molar-refractivity contribution < 1.29 is 14.6 Å². The van der Waals surface area contributed by atoms with Crippen LogP contribution in [0.4, 0.5) is 4.79 Å². The first-order valence-corrected chi connectivity index (χ1v) is 8.16. The first-order chi connectivity index (χ1) is 9.88. The maximum absolute atomic E-state index is 12.5. The Balaban J connectivity index is 1.64. The number of urea groups is 1. The van der Waals surface area contributed by atoms with Gasteiger partial charge in [0.1, 0.15) is 0 Å². The minimum absolute atomic E-state index is 0.00586. The van der Waals surface area contributed by atoms with Crippen molar-refractivity contribution in [2.24, 2.45) is 16.7 Å². The van der Waals surface area contributed by atoms with Crippen LogP contribution in [0.1, 0.15) is 40.0 Å². The maximum atomic E-state index is 12.5. The molecule has 21 heavy (non-hydrogen) atoms. The molecule has 5 nitrogen and oxygen atoms in total. The first-order valence-electron chi connectivity index (χ1n) is 8.16. The Morgan fingerprint density at radius 3 is 2.76 bits per heavy atom. The second kappa shape index (κ2) is 5.13. The number of ether oxygens (including phenoxy) is 1. The Morgan fingerprint density at radius 1 is 1.43 bits per heavy atom. The van der Waals surface area contributed by atoms with Gasteiger partial charge in [-0.2, -0.15) is 0 Å². The smallest absolute Gasteiger partial charge is 0.317 e. The lowest BCUT2D eigenvalue weighted by atomic mass is 9.69. The van der Waals surface area contributed by atoms with E-state index in [1.54, 1.807) is 4.90 Å². The summed E-state index contributed by atoms with van der Waals surface area (Å²) in [7, 11) is 0. The summed E-state index contributed by atoms with van der Waals surface area (Å²) in [6.45, 7) is 8.62. The minimum atomic E-state index is -0.239. The average Bonchev–Trinajstić information content (AvgIpc) is 2.80. The van der Waals surface area contributed by atoms with Crippen molar-refractivity contribution in [2.75, 3.05) is 26.3 Å². The zero-order valence-corrected chi connectivity index (χ0v) is 13.4. The van der Waals surface area contributed by atoms with Gasteiger partial charge in [0.25, 0.3) is 0 Å². The van der Waals surface area contributed by atoms with E-state index in [2.05, 4.69) is 26.1 Å². The van der Waals surface area contributed by atoms with Gasteiger partial charge in [-0.15, -0.1) is 0 Å². The number of hydrogen-bond donors (Lipinski definition) is 2. The first kappa shape index (κ1) is 15.1. The van der Waals surface area contributed by atoms with E-state index < -0.39 is 0 Å². The molecule has 5 heteroatoms. The van der Waals surface area contributed by atoms with Crippen molar-refractivity contribution in [3.8, 4) is 0 Å². The number of rotatable bonds is 2. The van der Waals surface area contributed by atoms with E-state index in [9.17, 15) is 9.90 Å². The fraction of sp³-hybridized carbons (Fsp3) is 0.938. The van der Waals surface area contributed by atoms with Crippen LogP contribution < -0.4 is 5.32 Å². The Labute approximate surface area is 127 Å². The van der Waals surface area contributed by atoms with Gasteiger partial charge in [0.2, 0.25) is 0 Å². The van der Waals surface area contributed by atoms with Gasteiger partial charge in [0, 0.05) is 12.6 Å². The van der Waals surface area contributed by atoms with E-state index in [0.717, 1.165) is 12.3 Å². The van der Waals surface area contributed by atoms with Crippen molar-refractivity contribution in [3.05, 3.63) is 0 Å². The number of amides is 2. The third kappa shape index (κ3) is 2.25. The number of hydrogen-bond acceptors (Lipinski definition) is 3. The quantitative estimate of drug-likeness (QED) is 0.814. The molecular weight excluding hydrogens is 268 g/mol. The van der Waals surface area contributed by atoms with Crippen LogP contribution in [-0.4, -0.2) is 54.5 Å². The standard InChI is InChI=1S/C16H28N2O3/c1-15(2)11-4-5-16(15,3)13(8-11)17-14(20)18-6-7-21-12(9-18)10-19/h11-13,19H,4-10H2,1-3H3,(H,17,20)/t11-,12-,13+,16-/m0/s1. The van der Waals surface area contributed by atoms with Crippen LogP contribution in [-0.2, 0) is 4.74 Å². The normalized spacial score (nSPS) is 41.3. The van der Waals surface area contributed by atoms with E-state index in [0.29, 0.717) is 25.1 Å². The lowest BCUT2D eigenvalue weighted by Gasteiger charge is -2.41. The van der Waals surface area contributed by atoms with Crippen LogP contribution in [0.2, 0.25) is 0 Å². The summed E-state index contributed by atoms with van der Waals surface area (Å²) in [6, 6.07) is 0.278. The highest BCUT2D eigenvalue weighted by Gasteiger charge is 2.61. The Morgan fingerprint density at radius 2 is 2.19 bits per heavy atom. The lowest BCUT2D eigenvalue weighted by molar-refractivity contribution is -0.0410. The van der Waals surface area contributed by atoms with Crippen molar-refractivity contribution in [3.63, 3.8) is 0 Å². The van der Waals surface area contributed by atoms with Crippen molar-refractivity contribution in [1.82, 2.24) is 10.2 Å². The molecule has 2 bridgehead atoms. The lowest BCUT2D eigenvalue weighted by Crippen LogP contribution is -2.55. The van der Waals surface area contributed by atoms with Gasteiger partial charge in [-0.05, 0) is 36.0 Å². The van der Waals surface area contributed by atoms with Crippen molar-refractivity contribution in [2.45, 2.75) is 52.2 Å². The molecule has 1 saturated heterocycles. The summed E-state index contributed by atoms with van der Waals surface area (Å²) in [5, 5.41) is 12.5. The molecule has 0 aromatic carbocycles. The third-order valence-electron chi connectivity index (χ3n) is 6.72. The number of nitrogens with one attached hydrogen (secondary N) is 1. The molecule has 3 fully saturated rings. The summed E-state index contributed by atoms with van der Waals surface area (Å²) in [4.78, 5) is 14.3. The van der Waals surface area contributed by atoms with Crippen molar-refractivity contribution in [1.29, 1.82) is 0 Å². The van der Waals surface area contributed by atoms with Crippen LogP contribution >= 0.6 is 0 Å². The van der Waals surface area contributed by atoms with Gasteiger partial charge in [0.05, 0.1) is 25.9 Å². The topological polar surface area (TPSA) is 61.8 Å². The molecule has 2 aliphatic carbocycles. The van der Waals surface area contributed by atoms with Gasteiger partial charge in [-0.25, -0.2) is 4.79 Å². The molecule has 1 aliphatic heterocycles. The van der Waals surface area contributed by atoms with Crippen LogP contribution in [0.25, 0.3) is 0 Å². The van der Waals surface area contributed by atoms with E-state index in [1.165, 1.54) is 12.8 Å². The Kier molecular flexibility index (Phi) is 3.69. The monoisotopic (exact) mass is 296 g/mol. The number of morpholine rings is 1. The van der Waals surface area contributed by atoms with Gasteiger partial charge >= 0.3 is 6.03 Å². The van der Waals surface area contributed by atoms with E-state index in [-0.39, 0.29) is 30.2 Å². The highest BCUT2D eigenvalue weighted by atomic mass is 16.5. The highest BCUT2D eigenvalue weighted by molar-refractivity contribution is 5.75. The summed E-state index contributed by atoms with van der Waals surface area (Å²) >= 11 is 0. The average molecular weight is 296 g/mol. The number of aliphatic hydroxyl groups excluding tert-OH is 1. The molecule has 0 aromatic rings. The van der Waals surface area contributed by atoms with E-state index >= 15 is 0 Å². The van der Waals surface area contributed by atoms with Crippen LogP contribution in [0.15, 0.2) is 0 Å². The fourth-order valence-corrected chi connectivity index (χ4v) is 4.68. The molecule has 4 atom stereocenters. The molecule has 3 aliphatic rings. The fourth-order valence-electron chi connectivity index (χ4n) is 4.68. The largest absolute Gasteiger partial charge is 0.394 e. The van der Waals surface area contributed by atoms with Gasteiger partial charge in [-0.1, -0.05) is 20.8 Å². The number of carbonyl (C=O) groups is 1. The zero-order chi connectivity index (χ0) is 15.3. The second-order valence-corrected chi connectivity index (χ2v) is 7.73. The number of aliphatic hydroxyl groups is 1. The predicted molar refractivity (Wildman–Crippen MR) is 79.9 cm³/mol. The summed E-state index contributed by atoms with van der Waals surface area (Å²) < 4.78 is 5.41. The molecule has 0 unspecified atom stereocenters. The van der Waals surface area contributed by atoms with Crippen LogP contribution in [0.5, 0.6) is 0 Å². The summed E-state index contributed by atoms with van der Waals surface area (Å²) in [6.07, 6.45) is 3.36. The zero-order valence-electron chi connectivity index (χ0n) is 13.4. The molecule has 0 spiro atoms. The van der Waals surface area contributed by atoms with Gasteiger partial charge < -0.3 is 20.1 Å². The van der Waals surface area contributed by atoms with Gasteiger partial charge in [0.15, 0.2) is 0 Å². The molecule has 120 valence electrons. The number of fused-ring (bicyclic) bond motifs is 2. The molecular formula is C16H28N2O3. The molecule has 3 rings (SSSR count). The van der Waals surface area contributed by atoms with Gasteiger partial charge in [-0.3, -0.25) is 0 Å². The summed E-state index contributed by atoms with van der Waals surface area (Å²) in [5.74, 6) is 0.725. The summed E-state index contributed by atoms with van der Waals surface area (Å²) in [5.41, 5.74) is 0.513. The highest BCUT2D eigenvalue weighted by Crippen LogP contribution is 2.65. The maximum Gasteiger partial charge on any atom is 0.317 e. The number of carbonyl (C=O) groups excluding carboxylic acids is 1.